The van der Waals surface area contributed by atoms with E-state index >= 15 is 0 Å². The maximum Gasteiger partial charge on any atom is 0.0524 e. The van der Waals surface area contributed by atoms with Crippen LogP contribution in [0.5, 0.6) is 0 Å². The van der Waals surface area contributed by atoms with Crippen LogP contribution in [0, 0.1) is 0 Å². The number of aliphatic hydroxyl groups is 1. The Hall–Kier alpha value is -0.160. The molecule has 1 rings (SSSR count). The van der Waals surface area contributed by atoms with Gasteiger partial charge in [0.25, 0.3) is 0 Å². The predicted octanol–water partition coefficient (Wildman–Crippen LogP) is 0.112. The average molecular weight is 229 g/mol. The molecule has 0 aliphatic carbocycles. The van der Waals surface area contributed by atoms with Gasteiger partial charge < -0.3 is 15.7 Å². The monoisotopic (exact) mass is 229 g/mol. The SMILES string of the molecule is CCC(CN)N1CCN(CCC(C)O)CC1. The summed E-state index contributed by atoms with van der Waals surface area (Å²) in [6, 6.07) is 0.555. The lowest BCUT2D eigenvalue weighted by atomic mass is 10.1. The fourth-order valence-corrected chi connectivity index (χ4v) is 2.30. The minimum atomic E-state index is -0.175. The van der Waals surface area contributed by atoms with Gasteiger partial charge in [0, 0.05) is 45.3 Å². The average Bonchev–Trinajstić information content (AvgIpc) is 2.29. The molecule has 1 saturated heterocycles. The van der Waals surface area contributed by atoms with Gasteiger partial charge >= 0.3 is 0 Å². The Kier molecular flexibility index (Phi) is 6.28. The molecule has 1 aliphatic heterocycles. The van der Waals surface area contributed by atoms with E-state index in [1.807, 2.05) is 6.92 Å². The molecule has 0 aromatic heterocycles. The van der Waals surface area contributed by atoms with Crippen molar-refractivity contribution in [3.05, 3.63) is 0 Å². The summed E-state index contributed by atoms with van der Waals surface area (Å²) in [6.07, 6.45) is 1.85. The molecule has 4 heteroatoms. The first-order valence-electron chi connectivity index (χ1n) is 6.51. The molecule has 0 amide bonds. The number of piperazine rings is 1. The molecule has 2 unspecified atom stereocenters. The van der Waals surface area contributed by atoms with E-state index in [9.17, 15) is 5.11 Å². The van der Waals surface area contributed by atoms with Crippen LogP contribution in [0.2, 0.25) is 0 Å². The summed E-state index contributed by atoms with van der Waals surface area (Å²) < 4.78 is 0. The van der Waals surface area contributed by atoms with Gasteiger partial charge in [-0.2, -0.15) is 0 Å². The molecule has 2 atom stereocenters. The predicted molar refractivity (Wildman–Crippen MR) is 67.4 cm³/mol. The first kappa shape index (κ1) is 13.9. The number of nitrogens with zero attached hydrogens (tertiary/aromatic N) is 2. The Morgan fingerprint density at radius 3 is 2.31 bits per heavy atom. The molecule has 3 N–H and O–H groups in total. The Morgan fingerprint density at radius 2 is 1.88 bits per heavy atom. The third kappa shape index (κ3) is 4.37. The lowest BCUT2D eigenvalue weighted by molar-refractivity contribution is 0.0836. The number of aliphatic hydroxyl groups excluding tert-OH is 1. The number of nitrogens with two attached hydrogens (primary N) is 1. The molecule has 0 radical (unpaired) electrons. The van der Waals surface area contributed by atoms with Crippen molar-refractivity contribution in [2.24, 2.45) is 5.73 Å². The van der Waals surface area contributed by atoms with Gasteiger partial charge in [0.2, 0.25) is 0 Å². The Bertz CT molecular complexity index is 175. The van der Waals surface area contributed by atoms with Gasteiger partial charge in [0.1, 0.15) is 0 Å². The van der Waals surface area contributed by atoms with Gasteiger partial charge in [-0.1, -0.05) is 6.92 Å². The molecule has 0 aromatic rings. The largest absolute Gasteiger partial charge is 0.393 e. The highest BCUT2D eigenvalue weighted by atomic mass is 16.3. The topological polar surface area (TPSA) is 52.7 Å². The number of hydrogen-bond acceptors (Lipinski definition) is 4. The second-order valence-corrected chi connectivity index (χ2v) is 4.81. The van der Waals surface area contributed by atoms with Crippen LogP contribution in [0.4, 0.5) is 0 Å². The van der Waals surface area contributed by atoms with Crippen molar-refractivity contribution in [1.82, 2.24) is 9.80 Å². The Morgan fingerprint density at radius 1 is 1.25 bits per heavy atom. The molecule has 96 valence electrons. The summed E-state index contributed by atoms with van der Waals surface area (Å²) in [5, 5.41) is 9.25. The van der Waals surface area contributed by atoms with Crippen LogP contribution in [0.1, 0.15) is 26.7 Å². The normalized spacial score (nSPS) is 23.2. The first-order chi connectivity index (χ1) is 7.67. The third-order valence-electron chi connectivity index (χ3n) is 3.53. The van der Waals surface area contributed by atoms with E-state index in [0.717, 1.165) is 52.1 Å². The maximum absolute atomic E-state index is 9.25. The van der Waals surface area contributed by atoms with E-state index in [-0.39, 0.29) is 6.10 Å². The van der Waals surface area contributed by atoms with Crippen LogP contribution in [-0.2, 0) is 0 Å². The van der Waals surface area contributed by atoms with Gasteiger partial charge in [0.15, 0.2) is 0 Å². The standard InChI is InChI=1S/C12H27N3O/c1-3-12(10-13)15-8-6-14(7-9-15)5-4-11(2)16/h11-12,16H,3-10,13H2,1-2H3. The van der Waals surface area contributed by atoms with Crippen LogP contribution < -0.4 is 5.73 Å². The molecule has 0 bridgehead atoms. The van der Waals surface area contributed by atoms with Crippen molar-refractivity contribution in [3.8, 4) is 0 Å². The van der Waals surface area contributed by atoms with Crippen LogP contribution in [0.3, 0.4) is 0 Å². The number of rotatable bonds is 6. The zero-order chi connectivity index (χ0) is 12.0. The zero-order valence-electron chi connectivity index (χ0n) is 10.7. The molecule has 0 spiro atoms. The summed E-state index contributed by atoms with van der Waals surface area (Å²) in [7, 11) is 0. The minimum Gasteiger partial charge on any atom is -0.393 e. The molecule has 16 heavy (non-hydrogen) atoms. The van der Waals surface area contributed by atoms with E-state index < -0.39 is 0 Å². The molecular weight excluding hydrogens is 202 g/mol. The van der Waals surface area contributed by atoms with Crippen molar-refractivity contribution in [3.63, 3.8) is 0 Å². The van der Waals surface area contributed by atoms with E-state index in [0.29, 0.717) is 6.04 Å². The quantitative estimate of drug-likeness (QED) is 0.679. The van der Waals surface area contributed by atoms with Gasteiger partial charge in [-0.25, -0.2) is 0 Å². The Labute approximate surface area is 99.4 Å². The molecule has 1 aliphatic rings. The van der Waals surface area contributed by atoms with Crippen molar-refractivity contribution in [2.75, 3.05) is 39.3 Å². The lowest BCUT2D eigenvalue weighted by Gasteiger charge is -2.38. The van der Waals surface area contributed by atoms with Gasteiger partial charge in [-0.15, -0.1) is 0 Å². The highest BCUT2D eigenvalue weighted by molar-refractivity contribution is 4.78. The lowest BCUT2D eigenvalue weighted by Crippen LogP contribution is -2.52. The van der Waals surface area contributed by atoms with E-state index in [2.05, 4.69) is 16.7 Å². The van der Waals surface area contributed by atoms with Gasteiger partial charge in [0.05, 0.1) is 6.10 Å². The fourth-order valence-electron chi connectivity index (χ4n) is 2.30. The van der Waals surface area contributed by atoms with Gasteiger partial charge in [-0.3, -0.25) is 4.90 Å². The van der Waals surface area contributed by atoms with Crippen LogP contribution in [0.15, 0.2) is 0 Å². The smallest absolute Gasteiger partial charge is 0.0524 e. The highest BCUT2D eigenvalue weighted by Crippen LogP contribution is 2.09. The van der Waals surface area contributed by atoms with E-state index in [4.69, 9.17) is 5.73 Å². The van der Waals surface area contributed by atoms with Gasteiger partial charge in [-0.05, 0) is 19.8 Å². The minimum absolute atomic E-state index is 0.175. The summed E-state index contributed by atoms with van der Waals surface area (Å²) in [5.74, 6) is 0. The molecule has 1 heterocycles. The summed E-state index contributed by atoms with van der Waals surface area (Å²) in [5.41, 5.74) is 5.76. The summed E-state index contributed by atoms with van der Waals surface area (Å²) in [4.78, 5) is 4.94. The molecule has 0 aromatic carbocycles. The van der Waals surface area contributed by atoms with Crippen LogP contribution in [0.25, 0.3) is 0 Å². The molecule has 4 nitrogen and oxygen atoms in total. The third-order valence-corrected chi connectivity index (χ3v) is 3.53. The second-order valence-electron chi connectivity index (χ2n) is 4.81. The second kappa shape index (κ2) is 7.22. The summed E-state index contributed by atoms with van der Waals surface area (Å²) in [6.45, 7) is 10.3. The van der Waals surface area contributed by atoms with Crippen LogP contribution in [-0.4, -0.2) is 66.3 Å². The zero-order valence-corrected chi connectivity index (χ0v) is 10.7. The molecule has 0 saturated carbocycles. The van der Waals surface area contributed by atoms with Crippen LogP contribution >= 0.6 is 0 Å². The highest BCUT2D eigenvalue weighted by Gasteiger charge is 2.21. The first-order valence-corrected chi connectivity index (χ1v) is 6.51. The van der Waals surface area contributed by atoms with Crippen molar-refractivity contribution in [1.29, 1.82) is 0 Å². The summed E-state index contributed by atoms with van der Waals surface area (Å²) >= 11 is 0. The number of hydrogen-bond donors (Lipinski definition) is 2. The molecule has 1 fully saturated rings. The van der Waals surface area contributed by atoms with Crippen molar-refractivity contribution >= 4 is 0 Å². The van der Waals surface area contributed by atoms with Crippen molar-refractivity contribution < 1.29 is 5.11 Å². The molecular formula is C12H27N3O. The van der Waals surface area contributed by atoms with Crippen molar-refractivity contribution in [2.45, 2.75) is 38.8 Å². The van der Waals surface area contributed by atoms with E-state index in [1.54, 1.807) is 0 Å². The maximum atomic E-state index is 9.25. The fraction of sp³-hybridized carbons (Fsp3) is 1.00. The Balaban J connectivity index is 2.22. The van der Waals surface area contributed by atoms with E-state index in [1.165, 1.54) is 0 Å².